The fourth-order valence-corrected chi connectivity index (χ4v) is 4.38. The molecule has 0 bridgehead atoms. The van der Waals surface area contributed by atoms with Crippen molar-refractivity contribution in [1.82, 2.24) is 20.2 Å². The lowest BCUT2D eigenvalue weighted by Gasteiger charge is -2.35. The van der Waals surface area contributed by atoms with Crippen molar-refractivity contribution in [3.8, 4) is 6.01 Å². The Labute approximate surface area is 173 Å². The Bertz CT molecular complexity index is 835. The summed E-state index contributed by atoms with van der Waals surface area (Å²) in [5, 5.41) is 5.05. The molecule has 0 spiro atoms. The minimum absolute atomic E-state index is 0.341. The first kappa shape index (κ1) is 19.2. The molecule has 1 N–H and O–H groups in total. The molecular weight excluding hydrogens is 430 g/mol. The molecule has 0 unspecified atom stereocenters. The summed E-state index contributed by atoms with van der Waals surface area (Å²) in [4.78, 5) is 14.1. The predicted molar refractivity (Wildman–Crippen MR) is 113 cm³/mol. The third-order valence-corrected chi connectivity index (χ3v) is 6.74. The second kappa shape index (κ2) is 8.07. The minimum Gasteiger partial charge on any atom is -0.462 e. The van der Waals surface area contributed by atoms with Gasteiger partial charge in [0.25, 0.3) is 0 Å². The average molecular weight is 455 g/mol. The maximum atomic E-state index is 6.37. The van der Waals surface area contributed by atoms with Crippen LogP contribution in [0.4, 0.5) is 5.82 Å². The quantitative estimate of drug-likeness (QED) is 0.765. The smallest absolute Gasteiger partial charge is 0.319 e. The van der Waals surface area contributed by atoms with E-state index >= 15 is 0 Å². The van der Waals surface area contributed by atoms with Gasteiger partial charge in [0.1, 0.15) is 12.4 Å². The second-order valence-corrected chi connectivity index (χ2v) is 8.71. The second-order valence-electron chi connectivity index (χ2n) is 7.45. The number of rotatable bonds is 4. The van der Waals surface area contributed by atoms with E-state index in [1.807, 2.05) is 12.1 Å². The van der Waals surface area contributed by atoms with E-state index in [1.165, 1.54) is 6.42 Å². The maximum Gasteiger partial charge on any atom is 0.319 e. The summed E-state index contributed by atoms with van der Waals surface area (Å²) in [6, 6.07) is 5.11. The first-order chi connectivity index (χ1) is 13.0. The van der Waals surface area contributed by atoms with Gasteiger partial charge in [-0.2, -0.15) is 9.97 Å². The Morgan fingerprint density at radius 1 is 1.33 bits per heavy atom. The summed E-state index contributed by atoms with van der Waals surface area (Å²) in [6.07, 6.45) is 2.38. The molecule has 0 radical (unpaired) electrons. The van der Waals surface area contributed by atoms with Crippen molar-refractivity contribution >= 4 is 44.3 Å². The number of fused-ring (bicyclic) bond motifs is 1. The zero-order chi connectivity index (χ0) is 19.0. The van der Waals surface area contributed by atoms with Gasteiger partial charge in [0.05, 0.1) is 10.5 Å². The normalized spacial score (nSPS) is 23.9. The van der Waals surface area contributed by atoms with E-state index in [0.29, 0.717) is 29.7 Å². The Kier molecular flexibility index (Phi) is 5.73. The van der Waals surface area contributed by atoms with Crippen molar-refractivity contribution < 1.29 is 4.74 Å². The summed E-state index contributed by atoms with van der Waals surface area (Å²) in [7, 11) is 2.15. The van der Waals surface area contributed by atoms with Crippen LogP contribution >= 0.6 is 27.5 Å². The number of nitrogens with zero attached hydrogens (tertiary/aromatic N) is 4. The standard InChI is InChI=1S/C19H25BrClN5O/c1-12-10-22-5-7-26(12)18-14-8-16(21)15(20)9-17(14)23-19(24-18)27-11-13-4-3-6-25(13)2/h8-9,12-13,22H,3-7,10-11H2,1-2H3/t12-,13-/m0/s1. The highest BCUT2D eigenvalue weighted by Gasteiger charge is 2.25. The van der Waals surface area contributed by atoms with Crippen LogP contribution in [0.15, 0.2) is 16.6 Å². The zero-order valence-electron chi connectivity index (χ0n) is 15.7. The Balaban J connectivity index is 1.70. The maximum absolute atomic E-state index is 6.37. The molecule has 0 aliphatic carbocycles. The van der Waals surface area contributed by atoms with E-state index in [1.54, 1.807) is 0 Å². The first-order valence-corrected chi connectivity index (χ1v) is 10.7. The Morgan fingerprint density at radius 2 is 2.19 bits per heavy atom. The van der Waals surface area contributed by atoms with Crippen LogP contribution in [0.1, 0.15) is 19.8 Å². The average Bonchev–Trinajstić information content (AvgIpc) is 3.06. The van der Waals surface area contributed by atoms with E-state index in [9.17, 15) is 0 Å². The lowest BCUT2D eigenvalue weighted by molar-refractivity contribution is 0.188. The number of piperazine rings is 1. The van der Waals surface area contributed by atoms with Crippen LogP contribution < -0.4 is 15.0 Å². The van der Waals surface area contributed by atoms with Gasteiger partial charge in [-0.15, -0.1) is 0 Å². The molecule has 6 nitrogen and oxygen atoms in total. The topological polar surface area (TPSA) is 53.5 Å². The molecule has 146 valence electrons. The molecule has 1 aromatic carbocycles. The Morgan fingerprint density at radius 3 is 2.93 bits per heavy atom. The van der Waals surface area contributed by atoms with Crippen molar-refractivity contribution in [1.29, 1.82) is 0 Å². The summed E-state index contributed by atoms with van der Waals surface area (Å²) >= 11 is 9.88. The SMILES string of the molecule is C[C@H]1CNCCN1c1nc(OC[C@@H]2CCCN2C)nc2cc(Br)c(Cl)cc12. The molecule has 2 atom stereocenters. The van der Waals surface area contributed by atoms with Crippen LogP contribution in [-0.4, -0.2) is 66.8 Å². The minimum atomic E-state index is 0.341. The third kappa shape index (κ3) is 4.01. The Hall–Kier alpha value is -1.15. The third-order valence-electron chi connectivity index (χ3n) is 5.55. The molecular formula is C19H25BrClN5O. The molecule has 4 rings (SSSR count). The molecule has 27 heavy (non-hydrogen) atoms. The van der Waals surface area contributed by atoms with E-state index in [0.717, 1.165) is 53.8 Å². The number of likely N-dealkylation sites (N-methyl/N-ethyl adjacent to an activating group) is 1. The number of anilines is 1. The molecule has 3 heterocycles. The number of likely N-dealkylation sites (tertiary alicyclic amines) is 1. The van der Waals surface area contributed by atoms with E-state index in [2.05, 4.69) is 50.0 Å². The number of nitrogens with one attached hydrogen (secondary N) is 1. The van der Waals surface area contributed by atoms with Crippen molar-refractivity contribution in [2.45, 2.75) is 31.8 Å². The van der Waals surface area contributed by atoms with Crippen LogP contribution in [0.3, 0.4) is 0 Å². The number of halogens is 2. The molecule has 0 saturated carbocycles. The zero-order valence-corrected chi connectivity index (χ0v) is 18.1. The molecule has 2 aliphatic heterocycles. The van der Waals surface area contributed by atoms with Gasteiger partial charge in [0, 0.05) is 41.6 Å². The van der Waals surface area contributed by atoms with E-state index in [4.69, 9.17) is 21.3 Å². The van der Waals surface area contributed by atoms with E-state index in [-0.39, 0.29) is 0 Å². The van der Waals surface area contributed by atoms with E-state index < -0.39 is 0 Å². The van der Waals surface area contributed by atoms with Crippen molar-refractivity contribution in [2.24, 2.45) is 0 Å². The molecule has 1 aromatic heterocycles. The molecule has 2 fully saturated rings. The van der Waals surface area contributed by atoms with Gasteiger partial charge in [-0.05, 0) is 61.4 Å². The summed E-state index contributed by atoms with van der Waals surface area (Å²) in [5.74, 6) is 0.901. The number of ether oxygens (including phenoxy) is 1. The number of aromatic nitrogens is 2. The van der Waals surface area contributed by atoms with Crippen LogP contribution in [0, 0.1) is 0 Å². The molecule has 2 aliphatic rings. The van der Waals surface area contributed by atoms with Crippen LogP contribution in [0.5, 0.6) is 6.01 Å². The molecule has 2 aromatic rings. The fourth-order valence-electron chi connectivity index (χ4n) is 3.89. The van der Waals surface area contributed by atoms with Gasteiger partial charge in [-0.3, -0.25) is 0 Å². The van der Waals surface area contributed by atoms with Gasteiger partial charge in [0.2, 0.25) is 0 Å². The van der Waals surface area contributed by atoms with Crippen LogP contribution in [0.25, 0.3) is 10.9 Å². The highest BCUT2D eigenvalue weighted by molar-refractivity contribution is 9.10. The fraction of sp³-hybridized carbons (Fsp3) is 0.579. The molecule has 0 amide bonds. The number of hydrogen-bond donors (Lipinski definition) is 1. The van der Waals surface area contributed by atoms with Crippen molar-refractivity contribution in [3.63, 3.8) is 0 Å². The van der Waals surface area contributed by atoms with Gasteiger partial charge in [0.15, 0.2) is 0 Å². The monoisotopic (exact) mass is 453 g/mol. The van der Waals surface area contributed by atoms with Gasteiger partial charge in [-0.1, -0.05) is 11.6 Å². The first-order valence-electron chi connectivity index (χ1n) is 9.50. The highest BCUT2D eigenvalue weighted by atomic mass is 79.9. The summed E-state index contributed by atoms with van der Waals surface area (Å²) < 4.78 is 6.88. The lowest BCUT2D eigenvalue weighted by atomic mass is 10.1. The van der Waals surface area contributed by atoms with Crippen LogP contribution in [0.2, 0.25) is 5.02 Å². The summed E-state index contributed by atoms with van der Waals surface area (Å²) in [5.41, 5.74) is 0.844. The lowest BCUT2D eigenvalue weighted by Crippen LogP contribution is -2.50. The molecule has 8 heteroatoms. The predicted octanol–water partition coefficient (Wildman–Crippen LogP) is 3.32. The van der Waals surface area contributed by atoms with Crippen molar-refractivity contribution in [3.05, 3.63) is 21.6 Å². The van der Waals surface area contributed by atoms with Gasteiger partial charge < -0.3 is 19.9 Å². The van der Waals surface area contributed by atoms with Crippen molar-refractivity contribution in [2.75, 3.05) is 44.7 Å². The van der Waals surface area contributed by atoms with Crippen LogP contribution in [-0.2, 0) is 0 Å². The summed E-state index contributed by atoms with van der Waals surface area (Å²) in [6.45, 7) is 6.71. The number of benzene rings is 1. The largest absolute Gasteiger partial charge is 0.462 e. The highest BCUT2D eigenvalue weighted by Crippen LogP contribution is 2.34. The van der Waals surface area contributed by atoms with Gasteiger partial charge >= 0.3 is 6.01 Å². The van der Waals surface area contributed by atoms with Gasteiger partial charge in [-0.25, -0.2) is 0 Å². The molecule has 2 saturated heterocycles. The number of hydrogen-bond acceptors (Lipinski definition) is 6.